The fourth-order valence-corrected chi connectivity index (χ4v) is 4.18. The number of para-hydroxylation sites is 1. The number of fused-ring (bicyclic) bond motifs is 1. The van der Waals surface area contributed by atoms with Gasteiger partial charge in [0.25, 0.3) is 0 Å². The van der Waals surface area contributed by atoms with E-state index in [9.17, 15) is 9.18 Å². The molecule has 3 aromatic rings. The number of rotatable bonds is 4. The molecular formula is C22H23ClFN3O. The smallest absolute Gasteiger partial charge is 0.241 e. The maximum Gasteiger partial charge on any atom is 0.241 e. The number of nitrogens with one attached hydrogen (secondary N) is 2. The van der Waals surface area contributed by atoms with Gasteiger partial charge in [0.05, 0.1) is 11.7 Å². The second kappa shape index (κ2) is 7.94. The molecule has 1 atom stereocenters. The van der Waals surface area contributed by atoms with Crippen LogP contribution in [-0.4, -0.2) is 34.9 Å². The summed E-state index contributed by atoms with van der Waals surface area (Å²) in [7, 11) is 0. The van der Waals surface area contributed by atoms with E-state index in [2.05, 4.69) is 39.6 Å². The number of H-pyrrole nitrogens is 1. The summed E-state index contributed by atoms with van der Waals surface area (Å²) in [5, 5.41) is 4.27. The van der Waals surface area contributed by atoms with Crippen LogP contribution in [0.25, 0.3) is 10.9 Å². The molecule has 2 aromatic carbocycles. The summed E-state index contributed by atoms with van der Waals surface area (Å²) in [4.78, 5) is 18.1. The van der Waals surface area contributed by atoms with Crippen molar-refractivity contribution in [2.45, 2.75) is 31.7 Å². The Hall–Kier alpha value is -2.37. The van der Waals surface area contributed by atoms with Crippen LogP contribution in [0.5, 0.6) is 0 Å². The normalized spacial score (nSPS) is 17.0. The number of piperidine rings is 1. The van der Waals surface area contributed by atoms with E-state index < -0.39 is 5.82 Å². The van der Waals surface area contributed by atoms with Crippen molar-refractivity contribution in [3.8, 4) is 0 Å². The number of nitrogens with zero attached hydrogens (tertiary/aromatic N) is 1. The molecule has 1 aliphatic heterocycles. The number of aromatic amines is 1. The number of likely N-dealkylation sites (tertiary alicyclic amines) is 1. The van der Waals surface area contributed by atoms with E-state index >= 15 is 0 Å². The van der Waals surface area contributed by atoms with Gasteiger partial charge in [-0.1, -0.05) is 29.8 Å². The number of carbonyl (C=O) groups is 1. The molecular weight excluding hydrogens is 377 g/mol. The number of aromatic nitrogens is 1. The zero-order valence-corrected chi connectivity index (χ0v) is 16.5. The Morgan fingerprint density at radius 1 is 1.25 bits per heavy atom. The molecule has 1 aliphatic rings. The zero-order valence-electron chi connectivity index (χ0n) is 15.7. The van der Waals surface area contributed by atoms with Gasteiger partial charge in [-0.15, -0.1) is 0 Å². The van der Waals surface area contributed by atoms with Gasteiger partial charge in [-0.2, -0.15) is 0 Å². The molecule has 0 radical (unpaired) electrons. The Labute approximate surface area is 168 Å². The van der Waals surface area contributed by atoms with E-state index in [1.54, 1.807) is 6.07 Å². The first-order valence-corrected chi connectivity index (χ1v) is 9.96. The second-order valence-corrected chi connectivity index (χ2v) is 7.83. The van der Waals surface area contributed by atoms with Crippen LogP contribution in [-0.2, 0) is 4.79 Å². The molecule has 146 valence electrons. The van der Waals surface area contributed by atoms with Crippen LogP contribution >= 0.6 is 11.6 Å². The summed E-state index contributed by atoms with van der Waals surface area (Å²) in [6.07, 6.45) is 4.11. The summed E-state index contributed by atoms with van der Waals surface area (Å²) in [6, 6.07) is 12.3. The van der Waals surface area contributed by atoms with Gasteiger partial charge >= 0.3 is 0 Å². The average Bonchev–Trinajstić information content (AvgIpc) is 3.14. The van der Waals surface area contributed by atoms with Gasteiger partial charge in [-0.05, 0) is 68.6 Å². The SMILES string of the molecule is C[C@@H](C(=O)Nc1ccc(Cl)cc1F)N1CCC(c2c[nH]c3ccccc23)CC1. The molecule has 1 saturated heterocycles. The largest absolute Gasteiger partial charge is 0.361 e. The molecule has 1 amide bonds. The van der Waals surface area contributed by atoms with Crippen LogP contribution in [0.3, 0.4) is 0 Å². The number of amides is 1. The lowest BCUT2D eigenvalue weighted by atomic mass is 9.88. The van der Waals surface area contributed by atoms with E-state index in [4.69, 9.17) is 11.6 Å². The quantitative estimate of drug-likeness (QED) is 0.636. The molecule has 28 heavy (non-hydrogen) atoms. The molecule has 1 aromatic heterocycles. The van der Waals surface area contributed by atoms with Crippen molar-refractivity contribution >= 4 is 34.1 Å². The van der Waals surface area contributed by atoms with Gasteiger partial charge in [0, 0.05) is 22.1 Å². The molecule has 6 heteroatoms. The maximum absolute atomic E-state index is 13.9. The fraction of sp³-hybridized carbons (Fsp3) is 0.318. The summed E-state index contributed by atoms with van der Waals surface area (Å²) in [6.45, 7) is 3.54. The minimum atomic E-state index is -0.522. The third kappa shape index (κ3) is 3.77. The lowest BCUT2D eigenvalue weighted by Crippen LogP contribution is -2.45. The van der Waals surface area contributed by atoms with Crippen molar-refractivity contribution in [1.82, 2.24) is 9.88 Å². The van der Waals surface area contributed by atoms with Crippen LogP contribution in [0.15, 0.2) is 48.7 Å². The molecule has 4 nitrogen and oxygen atoms in total. The third-order valence-corrected chi connectivity index (χ3v) is 5.94. The monoisotopic (exact) mass is 399 g/mol. The number of hydrogen-bond donors (Lipinski definition) is 2. The van der Waals surface area contributed by atoms with Crippen molar-refractivity contribution in [3.63, 3.8) is 0 Å². The summed E-state index contributed by atoms with van der Waals surface area (Å²) < 4.78 is 13.9. The Bertz CT molecular complexity index is 994. The highest BCUT2D eigenvalue weighted by atomic mass is 35.5. The van der Waals surface area contributed by atoms with E-state index in [0.717, 1.165) is 31.4 Å². The van der Waals surface area contributed by atoms with E-state index in [1.165, 1.54) is 23.1 Å². The topological polar surface area (TPSA) is 48.1 Å². The van der Waals surface area contributed by atoms with Crippen molar-refractivity contribution in [3.05, 3.63) is 65.1 Å². The fourth-order valence-electron chi connectivity index (χ4n) is 4.02. The highest BCUT2D eigenvalue weighted by Crippen LogP contribution is 2.33. The van der Waals surface area contributed by atoms with Gasteiger partial charge < -0.3 is 10.3 Å². The molecule has 2 N–H and O–H groups in total. The van der Waals surface area contributed by atoms with Crippen LogP contribution in [0.1, 0.15) is 31.2 Å². The standard InChI is InChI=1S/C22H23ClFN3O/c1-14(22(28)26-21-7-6-16(23)12-19(21)24)27-10-8-15(9-11-27)18-13-25-20-5-3-2-4-17(18)20/h2-7,12-15,25H,8-11H2,1H3,(H,26,28)/t14-/m0/s1. The van der Waals surface area contributed by atoms with Crippen molar-refractivity contribution in [2.24, 2.45) is 0 Å². The third-order valence-electron chi connectivity index (χ3n) is 5.71. The number of benzene rings is 2. The first-order valence-electron chi connectivity index (χ1n) is 9.59. The lowest BCUT2D eigenvalue weighted by molar-refractivity contribution is -0.121. The lowest BCUT2D eigenvalue weighted by Gasteiger charge is -2.35. The number of hydrogen-bond acceptors (Lipinski definition) is 2. The highest BCUT2D eigenvalue weighted by molar-refractivity contribution is 6.30. The van der Waals surface area contributed by atoms with Crippen LogP contribution in [0.4, 0.5) is 10.1 Å². The Morgan fingerprint density at radius 3 is 2.75 bits per heavy atom. The minimum absolute atomic E-state index is 0.162. The Balaban J connectivity index is 1.38. The average molecular weight is 400 g/mol. The Morgan fingerprint density at radius 2 is 2.00 bits per heavy atom. The number of halogens is 2. The van der Waals surface area contributed by atoms with Gasteiger partial charge in [0.15, 0.2) is 0 Å². The van der Waals surface area contributed by atoms with Gasteiger partial charge in [0.2, 0.25) is 5.91 Å². The zero-order chi connectivity index (χ0) is 19.7. The van der Waals surface area contributed by atoms with Gasteiger partial charge in [-0.3, -0.25) is 9.69 Å². The van der Waals surface area contributed by atoms with Crippen LogP contribution in [0, 0.1) is 5.82 Å². The number of carbonyl (C=O) groups excluding carboxylic acids is 1. The molecule has 0 bridgehead atoms. The second-order valence-electron chi connectivity index (χ2n) is 7.39. The van der Waals surface area contributed by atoms with Crippen LogP contribution in [0.2, 0.25) is 5.02 Å². The minimum Gasteiger partial charge on any atom is -0.361 e. The molecule has 0 saturated carbocycles. The van der Waals surface area contributed by atoms with E-state index in [0.29, 0.717) is 10.9 Å². The predicted molar refractivity (Wildman–Crippen MR) is 111 cm³/mol. The molecule has 0 unspecified atom stereocenters. The van der Waals surface area contributed by atoms with E-state index in [-0.39, 0.29) is 17.6 Å². The van der Waals surface area contributed by atoms with Crippen molar-refractivity contribution in [1.29, 1.82) is 0 Å². The first-order chi connectivity index (χ1) is 13.5. The highest BCUT2D eigenvalue weighted by Gasteiger charge is 2.28. The van der Waals surface area contributed by atoms with E-state index in [1.807, 2.05) is 13.0 Å². The van der Waals surface area contributed by atoms with Crippen molar-refractivity contribution < 1.29 is 9.18 Å². The van der Waals surface area contributed by atoms with Crippen LogP contribution < -0.4 is 5.32 Å². The predicted octanol–water partition coefficient (Wildman–Crippen LogP) is 5.17. The summed E-state index contributed by atoms with van der Waals surface area (Å²) in [5.41, 5.74) is 2.68. The number of anilines is 1. The molecule has 2 heterocycles. The van der Waals surface area contributed by atoms with Gasteiger partial charge in [0.1, 0.15) is 5.82 Å². The molecule has 0 spiro atoms. The van der Waals surface area contributed by atoms with Gasteiger partial charge in [-0.25, -0.2) is 4.39 Å². The molecule has 1 fully saturated rings. The van der Waals surface area contributed by atoms with Crippen molar-refractivity contribution in [2.75, 3.05) is 18.4 Å². The maximum atomic E-state index is 13.9. The molecule has 4 rings (SSSR count). The summed E-state index contributed by atoms with van der Waals surface area (Å²) >= 11 is 5.77. The molecule has 0 aliphatic carbocycles. The first kappa shape index (κ1) is 19.0. The Kier molecular flexibility index (Phi) is 5.38. The summed E-state index contributed by atoms with van der Waals surface area (Å²) in [5.74, 6) is -0.241.